The molecule has 0 saturated carbocycles. The van der Waals surface area contributed by atoms with Crippen molar-refractivity contribution in [3.05, 3.63) is 59.3 Å². The number of fused-ring (bicyclic) bond motifs is 2. The fourth-order valence-corrected chi connectivity index (χ4v) is 4.50. The van der Waals surface area contributed by atoms with Crippen LogP contribution in [-0.2, 0) is 11.2 Å². The zero-order valence-corrected chi connectivity index (χ0v) is 19.1. The highest BCUT2D eigenvalue weighted by atomic mass is 16.7. The molecular weight excluding hydrogens is 418 g/mol. The lowest BCUT2D eigenvalue weighted by atomic mass is 10.1. The van der Waals surface area contributed by atoms with Crippen LogP contribution in [0.15, 0.2) is 42.5 Å². The molecule has 3 heterocycles. The summed E-state index contributed by atoms with van der Waals surface area (Å²) in [5, 5.41) is 1.06. The fourth-order valence-electron chi connectivity index (χ4n) is 4.50. The van der Waals surface area contributed by atoms with E-state index in [-0.39, 0.29) is 5.91 Å². The number of aromatic nitrogens is 1. The second-order valence-electron chi connectivity index (χ2n) is 8.51. The van der Waals surface area contributed by atoms with Crippen molar-refractivity contribution in [1.82, 2.24) is 14.8 Å². The van der Waals surface area contributed by atoms with E-state index in [1.54, 1.807) is 13.2 Å². The molecule has 1 aromatic heterocycles. The molecule has 7 heteroatoms. The van der Waals surface area contributed by atoms with Gasteiger partial charge in [0.05, 0.1) is 7.11 Å². The molecule has 1 fully saturated rings. The van der Waals surface area contributed by atoms with Gasteiger partial charge < -0.3 is 24.1 Å². The summed E-state index contributed by atoms with van der Waals surface area (Å²) in [6, 6.07) is 12.1. The van der Waals surface area contributed by atoms with Crippen LogP contribution in [0.2, 0.25) is 0 Å². The minimum atomic E-state index is 0.0575. The fraction of sp³-hybridized carbons (Fsp3) is 0.346. The molecule has 33 heavy (non-hydrogen) atoms. The van der Waals surface area contributed by atoms with Crippen LogP contribution >= 0.6 is 0 Å². The second kappa shape index (κ2) is 9.19. The number of rotatable bonds is 6. The largest absolute Gasteiger partial charge is 0.497 e. The standard InChI is InChI=1S/C26H29N3O4/c1-18-21(22-16-20(31-2)4-6-23(22)27-18)5-8-26(30)29-13-11-28(12-14-29)10-9-19-3-7-24-25(15-19)33-17-32-24/h3-8,15-16,27H,9-14,17H2,1-2H3. The van der Waals surface area contributed by atoms with E-state index < -0.39 is 0 Å². The van der Waals surface area contributed by atoms with Crippen molar-refractivity contribution in [2.45, 2.75) is 13.3 Å². The highest BCUT2D eigenvalue weighted by Gasteiger charge is 2.20. The number of H-pyrrole nitrogens is 1. The zero-order valence-electron chi connectivity index (χ0n) is 19.1. The van der Waals surface area contributed by atoms with Crippen molar-refractivity contribution in [1.29, 1.82) is 0 Å². The van der Waals surface area contributed by atoms with Crippen LogP contribution < -0.4 is 14.2 Å². The van der Waals surface area contributed by atoms with Crippen molar-refractivity contribution in [3.8, 4) is 17.2 Å². The molecule has 2 aromatic carbocycles. The van der Waals surface area contributed by atoms with Crippen LogP contribution in [0.1, 0.15) is 16.8 Å². The number of benzene rings is 2. The lowest BCUT2D eigenvalue weighted by molar-refractivity contribution is -0.127. The number of carbonyl (C=O) groups is 1. The first-order chi connectivity index (χ1) is 16.1. The molecule has 1 N–H and O–H groups in total. The predicted molar refractivity (Wildman–Crippen MR) is 128 cm³/mol. The number of amides is 1. The molecule has 2 aliphatic heterocycles. The summed E-state index contributed by atoms with van der Waals surface area (Å²) in [4.78, 5) is 20.5. The predicted octanol–water partition coefficient (Wildman–Crippen LogP) is 3.61. The average Bonchev–Trinajstić information content (AvgIpc) is 3.44. The van der Waals surface area contributed by atoms with Gasteiger partial charge in [-0.1, -0.05) is 6.07 Å². The summed E-state index contributed by atoms with van der Waals surface area (Å²) >= 11 is 0. The summed E-state index contributed by atoms with van der Waals surface area (Å²) in [7, 11) is 1.66. The molecule has 172 valence electrons. The Labute approximate surface area is 193 Å². The highest BCUT2D eigenvalue weighted by molar-refractivity contribution is 5.97. The Morgan fingerprint density at radius 2 is 1.91 bits per heavy atom. The molecule has 3 aromatic rings. The Morgan fingerprint density at radius 3 is 2.73 bits per heavy atom. The number of piperazine rings is 1. The molecule has 0 radical (unpaired) electrons. The minimum absolute atomic E-state index is 0.0575. The number of methoxy groups -OCH3 is 1. The van der Waals surface area contributed by atoms with Gasteiger partial charge in [-0.2, -0.15) is 0 Å². The lowest BCUT2D eigenvalue weighted by Gasteiger charge is -2.34. The number of hydrogen-bond acceptors (Lipinski definition) is 5. The summed E-state index contributed by atoms with van der Waals surface area (Å²) in [6.45, 7) is 6.54. The third-order valence-corrected chi connectivity index (χ3v) is 6.47. The summed E-state index contributed by atoms with van der Waals surface area (Å²) < 4.78 is 16.2. The van der Waals surface area contributed by atoms with Gasteiger partial charge >= 0.3 is 0 Å². The minimum Gasteiger partial charge on any atom is -0.497 e. The van der Waals surface area contributed by atoms with E-state index in [0.29, 0.717) is 6.79 Å². The van der Waals surface area contributed by atoms with Crippen molar-refractivity contribution in [2.75, 3.05) is 46.6 Å². The first kappa shape index (κ1) is 21.4. The molecule has 0 atom stereocenters. The number of nitrogens with zero attached hydrogens (tertiary/aromatic N) is 2. The van der Waals surface area contributed by atoms with Crippen molar-refractivity contribution >= 4 is 22.9 Å². The van der Waals surface area contributed by atoms with Gasteiger partial charge in [-0.15, -0.1) is 0 Å². The maximum Gasteiger partial charge on any atom is 0.246 e. The Balaban J connectivity index is 1.15. The van der Waals surface area contributed by atoms with Gasteiger partial charge in [0.25, 0.3) is 0 Å². The SMILES string of the molecule is COc1ccc2[nH]c(C)c(C=CC(=O)N3CCN(CCc4ccc5c(c4)OCO5)CC3)c2c1. The van der Waals surface area contributed by atoms with E-state index in [4.69, 9.17) is 14.2 Å². The summed E-state index contributed by atoms with van der Waals surface area (Å²) in [6.07, 6.45) is 4.56. The first-order valence-electron chi connectivity index (χ1n) is 11.3. The normalized spacial score (nSPS) is 16.1. The van der Waals surface area contributed by atoms with Crippen LogP contribution in [-0.4, -0.2) is 67.3 Å². The van der Waals surface area contributed by atoms with Gasteiger partial charge in [-0.25, -0.2) is 0 Å². The van der Waals surface area contributed by atoms with E-state index in [1.165, 1.54) is 5.56 Å². The van der Waals surface area contributed by atoms with Crippen LogP contribution in [0.25, 0.3) is 17.0 Å². The number of ether oxygens (including phenoxy) is 3. The van der Waals surface area contributed by atoms with Crippen LogP contribution in [0.4, 0.5) is 0 Å². The molecule has 2 aliphatic rings. The summed E-state index contributed by atoms with van der Waals surface area (Å²) in [5.74, 6) is 2.51. The van der Waals surface area contributed by atoms with Gasteiger partial charge in [0.2, 0.25) is 12.7 Å². The van der Waals surface area contributed by atoms with Gasteiger partial charge in [0, 0.05) is 61.0 Å². The van der Waals surface area contributed by atoms with Crippen molar-refractivity contribution < 1.29 is 19.0 Å². The molecule has 5 rings (SSSR count). The average molecular weight is 448 g/mol. The van der Waals surface area contributed by atoms with E-state index in [9.17, 15) is 4.79 Å². The van der Waals surface area contributed by atoms with E-state index in [1.807, 2.05) is 42.2 Å². The van der Waals surface area contributed by atoms with E-state index >= 15 is 0 Å². The molecule has 0 unspecified atom stereocenters. The van der Waals surface area contributed by atoms with Crippen LogP contribution in [0, 0.1) is 6.92 Å². The molecule has 1 amide bonds. The number of aromatic amines is 1. The molecule has 0 bridgehead atoms. The Kier molecular flexibility index (Phi) is 5.96. The van der Waals surface area contributed by atoms with E-state index in [2.05, 4.69) is 22.0 Å². The number of carbonyl (C=O) groups excluding carboxylic acids is 1. The van der Waals surface area contributed by atoms with Gasteiger partial charge in [0.1, 0.15) is 5.75 Å². The van der Waals surface area contributed by atoms with Crippen molar-refractivity contribution in [2.24, 2.45) is 0 Å². The Bertz CT molecular complexity index is 1190. The van der Waals surface area contributed by atoms with Gasteiger partial charge in [-0.05, 0) is 55.3 Å². The lowest BCUT2D eigenvalue weighted by Crippen LogP contribution is -2.48. The first-order valence-corrected chi connectivity index (χ1v) is 11.3. The number of aryl methyl sites for hydroxylation is 1. The monoisotopic (exact) mass is 447 g/mol. The summed E-state index contributed by atoms with van der Waals surface area (Å²) in [5.41, 5.74) is 4.35. The molecule has 7 nitrogen and oxygen atoms in total. The number of nitrogens with one attached hydrogen (secondary N) is 1. The zero-order chi connectivity index (χ0) is 22.8. The Hall–Kier alpha value is -3.45. The third-order valence-electron chi connectivity index (χ3n) is 6.47. The third kappa shape index (κ3) is 4.54. The van der Waals surface area contributed by atoms with Crippen LogP contribution in [0.3, 0.4) is 0 Å². The molecule has 0 spiro atoms. The quantitative estimate of drug-likeness (QED) is 0.585. The maximum absolute atomic E-state index is 12.8. The smallest absolute Gasteiger partial charge is 0.246 e. The van der Waals surface area contributed by atoms with Gasteiger partial charge in [0.15, 0.2) is 11.5 Å². The Morgan fingerprint density at radius 1 is 1.09 bits per heavy atom. The molecule has 0 aliphatic carbocycles. The second-order valence-corrected chi connectivity index (χ2v) is 8.51. The van der Waals surface area contributed by atoms with E-state index in [0.717, 1.165) is 78.6 Å². The van der Waals surface area contributed by atoms with Crippen molar-refractivity contribution in [3.63, 3.8) is 0 Å². The van der Waals surface area contributed by atoms with Crippen LogP contribution in [0.5, 0.6) is 17.2 Å². The topological polar surface area (TPSA) is 67.0 Å². The maximum atomic E-state index is 12.8. The number of hydrogen-bond donors (Lipinski definition) is 1. The van der Waals surface area contributed by atoms with Gasteiger partial charge in [-0.3, -0.25) is 9.69 Å². The molecule has 1 saturated heterocycles. The molecular formula is C26H29N3O4. The highest BCUT2D eigenvalue weighted by Crippen LogP contribution is 2.32.